The van der Waals surface area contributed by atoms with Crippen LogP contribution in [0.2, 0.25) is 0 Å². The molecule has 0 heterocycles. The fourth-order valence-corrected chi connectivity index (χ4v) is 5.26. The Morgan fingerprint density at radius 1 is 0.680 bits per heavy atom. The summed E-state index contributed by atoms with van der Waals surface area (Å²) in [5, 5.41) is 27.2. The summed E-state index contributed by atoms with van der Waals surface area (Å²) in [7, 11) is 1.52. The number of hydrogen-bond acceptors (Lipinski definition) is 8. The second-order valence-corrected chi connectivity index (χ2v) is 11.4. The molecule has 6 aromatic rings. The molecule has 250 valence electrons. The molecule has 10 heteroatoms. The van der Waals surface area contributed by atoms with Crippen LogP contribution in [0.25, 0.3) is 10.8 Å². The van der Waals surface area contributed by atoms with Crippen molar-refractivity contribution in [1.29, 1.82) is 0 Å². The molecule has 0 saturated carbocycles. The molecular weight excluding hydrogens is 630 g/mol. The van der Waals surface area contributed by atoms with Gasteiger partial charge in [-0.1, -0.05) is 91.0 Å². The Hall–Kier alpha value is -6.52. The second kappa shape index (κ2) is 16.1. The van der Waals surface area contributed by atoms with Crippen molar-refractivity contribution in [2.75, 3.05) is 12.6 Å². The van der Waals surface area contributed by atoms with Crippen molar-refractivity contribution >= 4 is 39.6 Å². The van der Waals surface area contributed by atoms with E-state index in [0.717, 1.165) is 22.4 Å². The molecule has 10 nitrogen and oxygen atoms in total. The van der Waals surface area contributed by atoms with E-state index >= 15 is 0 Å². The van der Waals surface area contributed by atoms with Crippen molar-refractivity contribution in [3.05, 3.63) is 161 Å². The predicted molar refractivity (Wildman–Crippen MR) is 193 cm³/mol. The molecule has 0 bridgehead atoms. The van der Waals surface area contributed by atoms with Crippen LogP contribution in [0.4, 0.5) is 17.1 Å². The first-order chi connectivity index (χ1) is 24.5. The van der Waals surface area contributed by atoms with E-state index in [1.165, 1.54) is 7.11 Å². The first-order valence-corrected chi connectivity index (χ1v) is 15.9. The van der Waals surface area contributed by atoms with E-state index in [-0.39, 0.29) is 36.1 Å². The monoisotopic (exact) mass is 665 g/mol. The van der Waals surface area contributed by atoms with Gasteiger partial charge in [-0.25, -0.2) is 0 Å². The number of phenolic OH excluding ortho intramolecular Hbond substituents is 1. The number of para-hydroxylation sites is 1. The third kappa shape index (κ3) is 8.30. The quantitative estimate of drug-likeness (QED) is 0.0724. The fourth-order valence-electron chi connectivity index (χ4n) is 5.26. The van der Waals surface area contributed by atoms with Gasteiger partial charge >= 0.3 is 0 Å². The maximum atomic E-state index is 13.5. The molecule has 0 aromatic heterocycles. The molecule has 0 spiro atoms. The van der Waals surface area contributed by atoms with Crippen LogP contribution in [0.5, 0.6) is 11.5 Å². The van der Waals surface area contributed by atoms with Crippen molar-refractivity contribution < 1.29 is 24.3 Å². The van der Waals surface area contributed by atoms with E-state index in [4.69, 9.17) is 9.57 Å². The minimum atomic E-state index is -0.508. The van der Waals surface area contributed by atoms with Crippen LogP contribution >= 0.6 is 0 Å². The van der Waals surface area contributed by atoms with E-state index in [1.807, 2.05) is 97.1 Å². The molecule has 0 unspecified atom stereocenters. The van der Waals surface area contributed by atoms with Gasteiger partial charge in [-0.15, -0.1) is 10.2 Å². The maximum absolute atomic E-state index is 13.5. The van der Waals surface area contributed by atoms with Gasteiger partial charge in [0.05, 0.1) is 25.0 Å². The second-order valence-electron chi connectivity index (χ2n) is 11.4. The summed E-state index contributed by atoms with van der Waals surface area (Å²) < 4.78 is 5.53. The fraction of sp³-hybridized carbons (Fsp3) is 0.100. The minimum absolute atomic E-state index is 0.00896. The molecule has 0 aliphatic rings. The van der Waals surface area contributed by atoms with Crippen LogP contribution in [0, 0.1) is 0 Å². The number of azo groups is 1. The number of aromatic hydroxyl groups is 1. The average molecular weight is 666 g/mol. The smallest absolute Gasteiger partial charge is 0.255 e. The Kier molecular flexibility index (Phi) is 10.7. The highest BCUT2D eigenvalue weighted by molar-refractivity contribution is 6.08. The Morgan fingerprint density at radius 2 is 1.32 bits per heavy atom. The zero-order valence-corrected chi connectivity index (χ0v) is 27.3. The normalized spacial score (nSPS) is 11.0. The van der Waals surface area contributed by atoms with E-state index in [9.17, 15) is 14.7 Å². The number of anilines is 1. The van der Waals surface area contributed by atoms with Crippen molar-refractivity contribution in [1.82, 2.24) is 10.6 Å². The van der Waals surface area contributed by atoms with Gasteiger partial charge in [0.2, 0.25) is 0 Å². The maximum Gasteiger partial charge on any atom is 0.255 e. The molecule has 6 aromatic carbocycles. The number of benzene rings is 6. The summed E-state index contributed by atoms with van der Waals surface area (Å²) in [5.41, 5.74) is 7.20. The summed E-state index contributed by atoms with van der Waals surface area (Å²) in [6.07, 6.45) is 0. The molecule has 0 fully saturated rings. The first-order valence-electron chi connectivity index (χ1n) is 15.9. The summed E-state index contributed by atoms with van der Waals surface area (Å²) in [5.74, 6) is -0.691. The number of hydrogen-bond donors (Lipinski definition) is 4. The topological polar surface area (TPSA) is 134 Å². The number of fused-ring (bicyclic) bond motifs is 1. The number of phenols is 1. The number of nitrogens with one attached hydrogen (secondary N) is 3. The van der Waals surface area contributed by atoms with Gasteiger partial charge in [0, 0.05) is 24.0 Å². The number of amides is 2. The van der Waals surface area contributed by atoms with Crippen LogP contribution in [0.1, 0.15) is 37.4 Å². The highest BCUT2D eigenvalue weighted by Crippen LogP contribution is 2.41. The first kappa shape index (κ1) is 33.4. The largest absolute Gasteiger partial charge is 0.505 e. The van der Waals surface area contributed by atoms with Crippen molar-refractivity contribution in [3.8, 4) is 11.5 Å². The zero-order chi connectivity index (χ0) is 34.7. The van der Waals surface area contributed by atoms with Gasteiger partial charge in [0.25, 0.3) is 11.8 Å². The van der Waals surface area contributed by atoms with Gasteiger partial charge in [-0.05, 0) is 64.5 Å². The Morgan fingerprint density at radius 3 is 1.98 bits per heavy atom. The predicted octanol–water partition coefficient (Wildman–Crippen LogP) is 8.37. The van der Waals surface area contributed by atoms with Gasteiger partial charge in [-0.3, -0.25) is 19.9 Å². The average Bonchev–Trinajstić information content (AvgIpc) is 3.16. The van der Waals surface area contributed by atoms with Crippen LogP contribution in [-0.4, -0.2) is 24.0 Å². The van der Waals surface area contributed by atoms with E-state index < -0.39 is 5.91 Å². The number of methoxy groups -OCH3 is 1. The van der Waals surface area contributed by atoms with Gasteiger partial charge in [-0.2, -0.15) is 0 Å². The number of carbonyl (C=O) groups is 2. The molecule has 6 rings (SSSR count). The molecule has 2 amide bonds. The van der Waals surface area contributed by atoms with E-state index in [2.05, 4.69) is 26.3 Å². The Bertz CT molecular complexity index is 2120. The van der Waals surface area contributed by atoms with Crippen LogP contribution in [-0.2, 0) is 24.5 Å². The molecule has 50 heavy (non-hydrogen) atoms. The third-order valence-electron chi connectivity index (χ3n) is 7.89. The highest BCUT2D eigenvalue weighted by Gasteiger charge is 2.20. The van der Waals surface area contributed by atoms with E-state index in [0.29, 0.717) is 34.3 Å². The van der Waals surface area contributed by atoms with Gasteiger partial charge in [0.1, 0.15) is 17.1 Å². The number of carbonyl (C=O) groups excluding carboxylic acids is 2. The summed E-state index contributed by atoms with van der Waals surface area (Å²) >= 11 is 0. The lowest BCUT2D eigenvalue weighted by Crippen LogP contribution is -2.23. The van der Waals surface area contributed by atoms with Crippen LogP contribution < -0.4 is 20.9 Å². The molecule has 0 aliphatic carbocycles. The summed E-state index contributed by atoms with van der Waals surface area (Å²) in [4.78, 5) is 32.3. The molecule has 0 aliphatic heterocycles. The Labute approximate surface area is 289 Å². The number of nitrogens with zero attached hydrogens (tertiary/aromatic N) is 2. The molecule has 0 atom stereocenters. The van der Waals surface area contributed by atoms with Crippen LogP contribution in [0.15, 0.2) is 144 Å². The van der Waals surface area contributed by atoms with Crippen molar-refractivity contribution in [3.63, 3.8) is 0 Å². The molecular formula is C40H35N5O5. The molecule has 4 N–H and O–H groups in total. The minimum Gasteiger partial charge on any atom is -0.505 e. The SMILES string of the molecule is COc1ccc(CONc2ccccc2)cc1N=Nc1c(O)c(C(=O)NCc2ccccc2)cc2cc(C(=O)NCc3ccccc3)ccc12. The lowest BCUT2D eigenvalue weighted by Gasteiger charge is -2.13. The molecule has 0 saturated heterocycles. The standard InChI is InChI=1S/C40H35N5O5/c1-49-36-20-17-29(26-50-45-32-15-9-4-10-16-32)21-35(36)43-44-37-33-19-18-30(39(47)41-24-27-11-5-2-6-12-27)22-31(33)23-34(38(37)46)40(48)42-25-28-13-7-3-8-14-28/h2-23,45-46H,24-26H2,1H3,(H,41,47)(H,42,48). The van der Waals surface area contributed by atoms with Crippen molar-refractivity contribution in [2.45, 2.75) is 19.7 Å². The van der Waals surface area contributed by atoms with Crippen molar-refractivity contribution in [2.24, 2.45) is 10.2 Å². The zero-order valence-electron chi connectivity index (χ0n) is 27.3. The number of ether oxygens (including phenoxy) is 1. The Balaban J connectivity index is 1.31. The summed E-state index contributed by atoms with van der Waals surface area (Å²) in [6, 6.07) is 40.5. The lowest BCUT2D eigenvalue weighted by molar-refractivity contribution is 0.0942. The third-order valence-corrected chi connectivity index (χ3v) is 7.89. The lowest BCUT2D eigenvalue weighted by atomic mass is 10.0. The van der Waals surface area contributed by atoms with Gasteiger partial charge in [0.15, 0.2) is 5.75 Å². The highest BCUT2D eigenvalue weighted by atomic mass is 16.6. The summed E-state index contributed by atoms with van der Waals surface area (Å²) in [6.45, 7) is 0.830. The van der Waals surface area contributed by atoms with E-state index in [1.54, 1.807) is 36.4 Å². The number of rotatable bonds is 13. The molecule has 0 radical (unpaired) electrons. The van der Waals surface area contributed by atoms with Gasteiger partial charge < -0.3 is 20.5 Å². The van der Waals surface area contributed by atoms with Crippen LogP contribution in [0.3, 0.4) is 0 Å².